The van der Waals surface area contributed by atoms with Crippen LogP contribution in [-0.2, 0) is 16.4 Å². The maximum atomic E-state index is 12.5. The van der Waals surface area contributed by atoms with Gasteiger partial charge in [-0.05, 0) is 36.5 Å². The Bertz CT molecular complexity index is 647. The van der Waals surface area contributed by atoms with E-state index in [4.69, 9.17) is 11.7 Å². The van der Waals surface area contributed by atoms with E-state index < -0.39 is 10.0 Å². The first kappa shape index (κ1) is 14.6. The van der Waals surface area contributed by atoms with Gasteiger partial charge in [0.2, 0.25) is 10.0 Å². The Hall–Kier alpha value is -1.82. The van der Waals surface area contributed by atoms with Gasteiger partial charge in [0.15, 0.2) is 0 Å². The highest BCUT2D eigenvalue weighted by molar-refractivity contribution is 7.89. The standard InChI is InChI=1S/C15H16N2O2S/c1-2-11-17(12-14-3-4-14)20(18,19)15-7-5-13(6-8-15)9-10-16/h1,5-8,14H,3-4,9,11-12H2. The molecule has 0 amide bonds. The predicted octanol–water partition coefficient (Wildman–Crippen LogP) is 1.79. The van der Waals surface area contributed by atoms with Gasteiger partial charge in [0.25, 0.3) is 0 Å². The van der Waals surface area contributed by atoms with Gasteiger partial charge in [0, 0.05) is 6.54 Å². The first-order valence-electron chi connectivity index (χ1n) is 6.47. The number of terminal acetylenes is 1. The van der Waals surface area contributed by atoms with Crippen molar-refractivity contribution in [3.63, 3.8) is 0 Å². The second-order valence-electron chi connectivity index (χ2n) is 4.92. The minimum absolute atomic E-state index is 0.0960. The molecule has 2 rings (SSSR count). The number of nitriles is 1. The van der Waals surface area contributed by atoms with E-state index in [-0.39, 0.29) is 17.9 Å². The second kappa shape index (κ2) is 6.09. The van der Waals surface area contributed by atoms with Gasteiger partial charge >= 0.3 is 0 Å². The number of hydrogen-bond donors (Lipinski definition) is 0. The number of hydrogen-bond acceptors (Lipinski definition) is 3. The Labute approximate surface area is 120 Å². The monoisotopic (exact) mass is 288 g/mol. The molecule has 1 aromatic rings. The molecule has 0 saturated heterocycles. The fourth-order valence-corrected chi connectivity index (χ4v) is 3.39. The smallest absolute Gasteiger partial charge is 0.207 e. The summed E-state index contributed by atoms with van der Waals surface area (Å²) in [7, 11) is -3.54. The molecule has 0 spiro atoms. The van der Waals surface area contributed by atoms with Gasteiger partial charge in [0.1, 0.15) is 0 Å². The lowest BCUT2D eigenvalue weighted by molar-refractivity contribution is 0.430. The topological polar surface area (TPSA) is 61.2 Å². The van der Waals surface area contributed by atoms with Gasteiger partial charge < -0.3 is 0 Å². The van der Waals surface area contributed by atoms with Crippen molar-refractivity contribution in [1.82, 2.24) is 4.31 Å². The van der Waals surface area contributed by atoms with Crippen LogP contribution >= 0.6 is 0 Å². The SMILES string of the molecule is C#CCN(CC1CC1)S(=O)(=O)c1ccc(CC#N)cc1. The molecule has 0 aromatic heterocycles. The zero-order valence-electron chi connectivity index (χ0n) is 11.1. The van der Waals surface area contributed by atoms with Gasteiger partial charge in [0.05, 0.1) is 23.9 Å². The van der Waals surface area contributed by atoms with E-state index in [9.17, 15) is 8.42 Å². The highest BCUT2D eigenvalue weighted by Crippen LogP contribution is 2.31. The molecule has 5 heteroatoms. The Morgan fingerprint density at radius 2 is 1.95 bits per heavy atom. The maximum Gasteiger partial charge on any atom is 0.243 e. The quantitative estimate of drug-likeness (QED) is 0.750. The highest BCUT2D eigenvalue weighted by atomic mass is 32.2. The summed E-state index contributed by atoms with van der Waals surface area (Å²) in [5.74, 6) is 2.85. The maximum absolute atomic E-state index is 12.5. The van der Waals surface area contributed by atoms with Crippen LogP contribution in [0.3, 0.4) is 0 Å². The zero-order valence-corrected chi connectivity index (χ0v) is 11.9. The van der Waals surface area contributed by atoms with Crippen molar-refractivity contribution in [1.29, 1.82) is 5.26 Å². The lowest BCUT2D eigenvalue weighted by Gasteiger charge is -2.19. The summed E-state index contributed by atoms with van der Waals surface area (Å²) in [6.07, 6.45) is 7.68. The Balaban J connectivity index is 2.22. The molecule has 1 saturated carbocycles. The third-order valence-corrected chi connectivity index (χ3v) is 5.10. The molecule has 0 radical (unpaired) electrons. The van der Waals surface area contributed by atoms with Crippen LogP contribution in [0.4, 0.5) is 0 Å². The number of nitrogens with zero attached hydrogens (tertiary/aromatic N) is 2. The van der Waals surface area contributed by atoms with E-state index in [1.807, 2.05) is 6.07 Å². The summed E-state index contributed by atoms with van der Waals surface area (Å²) in [6, 6.07) is 8.45. The van der Waals surface area contributed by atoms with Crippen molar-refractivity contribution < 1.29 is 8.42 Å². The average molecular weight is 288 g/mol. The average Bonchev–Trinajstić information content (AvgIpc) is 3.23. The van der Waals surface area contributed by atoms with E-state index in [0.717, 1.165) is 18.4 Å². The molecule has 0 bridgehead atoms. The lowest BCUT2D eigenvalue weighted by Crippen LogP contribution is -2.33. The van der Waals surface area contributed by atoms with Crippen LogP contribution in [-0.4, -0.2) is 25.8 Å². The van der Waals surface area contributed by atoms with Gasteiger partial charge in [-0.1, -0.05) is 18.1 Å². The van der Waals surface area contributed by atoms with Gasteiger partial charge in [-0.3, -0.25) is 0 Å². The van der Waals surface area contributed by atoms with Crippen LogP contribution in [0.15, 0.2) is 29.2 Å². The molecule has 0 unspecified atom stereocenters. The van der Waals surface area contributed by atoms with Crippen molar-refractivity contribution in [2.24, 2.45) is 5.92 Å². The highest BCUT2D eigenvalue weighted by Gasteiger charge is 2.31. The third-order valence-electron chi connectivity index (χ3n) is 3.27. The van der Waals surface area contributed by atoms with Crippen LogP contribution in [0.1, 0.15) is 18.4 Å². The minimum Gasteiger partial charge on any atom is -0.207 e. The number of benzene rings is 1. The number of sulfonamides is 1. The normalized spacial score (nSPS) is 14.8. The molecular weight excluding hydrogens is 272 g/mol. The molecule has 4 nitrogen and oxygen atoms in total. The molecule has 20 heavy (non-hydrogen) atoms. The largest absolute Gasteiger partial charge is 0.243 e. The van der Waals surface area contributed by atoms with E-state index >= 15 is 0 Å². The minimum atomic E-state index is -3.54. The molecule has 1 fully saturated rings. The van der Waals surface area contributed by atoms with Gasteiger partial charge in [-0.2, -0.15) is 9.57 Å². The third kappa shape index (κ3) is 3.39. The van der Waals surface area contributed by atoms with Crippen LogP contribution in [0.25, 0.3) is 0 Å². The van der Waals surface area contributed by atoms with Crippen LogP contribution in [0.5, 0.6) is 0 Å². The van der Waals surface area contributed by atoms with Crippen molar-refractivity contribution in [3.05, 3.63) is 29.8 Å². The molecule has 0 N–H and O–H groups in total. The summed E-state index contributed by atoms with van der Waals surface area (Å²) in [5.41, 5.74) is 0.803. The van der Waals surface area contributed by atoms with E-state index in [1.165, 1.54) is 4.31 Å². The second-order valence-corrected chi connectivity index (χ2v) is 6.86. The Morgan fingerprint density at radius 3 is 2.45 bits per heavy atom. The van der Waals surface area contributed by atoms with E-state index in [0.29, 0.717) is 12.5 Å². The van der Waals surface area contributed by atoms with Gasteiger partial charge in [-0.25, -0.2) is 8.42 Å². The van der Waals surface area contributed by atoms with Crippen LogP contribution in [0.2, 0.25) is 0 Å². The van der Waals surface area contributed by atoms with Gasteiger partial charge in [-0.15, -0.1) is 6.42 Å². The fourth-order valence-electron chi connectivity index (χ4n) is 1.96. The molecule has 0 heterocycles. The first-order valence-corrected chi connectivity index (χ1v) is 7.91. The van der Waals surface area contributed by atoms with Crippen LogP contribution < -0.4 is 0 Å². The van der Waals surface area contributed by atoms with Crippen molar-refractivity contribution in [2.45, 2.75) is 24.2 Å². The summed E-state index contributed by atoms with van der Waals surface area (Å²) in [6.45, 7) is 0.589. The lowest BCUT2D eigenvalue weighted by atomic mass is 10.2. The molecule has 0 atom stereocenters. The number of rotatable bonds is 6. The Morgan fingerprint density at radius 1 is 1.30 bits per heavy atom. The summed E-state index contributed by atoms with van der Waals surface area (Å²) in [4.78, 5) is 0.232. The molecular formula is C15H16N2O2S. The van der Waals surface area contributed by atoms with Crippen molar-refractivity contribution >= 4 is 10.0 Å². The summed E-state index contributed by atoms with van der Waals surface area (Å²) in [5, 5.41) is 8.61. The van der Waals surface area contributed by atoms with E-state index in [2.05, 4.69) is 5.92 Å². The predicted molar refractivity (Wildman–Crippen MR) is 76.1 cm³/mol. The molecule has 104 valence electrons. The van der Waals surface area contributed by atoms with Crippen molar-refractivity contribution in [2.75, 3.05) is 13.1 Å². The molecule has 1 aliphatic rings. The Kier molecular flexibility index (Phi) is 4.44. The molecule has 0 aliphatic heterocycles. The molecule has 1 aromatic carbocycles. The summed E-state index contributed by atoms with van der Waals surface area (Å²) >= 11 is 0. The first-order chi connectivity index (χ1) is 9.57. The zero-order chi connectivity index (χ0) is 14.6. The summed E-state index contributed by atoms with van der Waals surface area (Å²) < 4.78 is 26.4. The van der Waals surface area contributed by atoms with Crippen LogP contribution in [0, 0.1) is 29.6 Å². The van der Waals surface area contributed by atoms with E-state index in [1.54, 1.807) is 24.3 Å². The fraction of sp³-hybridized carbons (Fsp3) is 0.400. The van der Waals surface area contributed by atoms with Crippen molar-refractivity contribution in [3.8, 4) is 18.4 Å². The molecule has 1 aliphatic carbocycles.